The average molecular weight is 544 g/mol. The molecule has 1 fully saturated rings. The molecule has 1 saturated heterocycles. The lowest BCUT2D eigenvalue weighted by Gasteiger charge is -2.35. The van der Waals surface area contributed by atoms with E-state index in [1.165, 1.54) is 0 Å². The molecule has 7 nitrogen and oxygen atoms in total. The maximum absolute atomic E-state index is 12.7. The molecule has 2 heterocycles. The second-order valence-electron chi connectivity index (χ2n) is 9.47. The Kier molecular flexibility index (Phi) is 8.92. The van der Waals surface area contributed by atoms with E-state index in [1.54, 1.807) is 18.2 Å². The lowest BCUT2D eigenvalue weighted by atomic mass is 9.78. The van der Waals surface area contributed by atoms with E-state index < -0.39 is 17.9 Å². The van der Waals surface area contributed by atoms with E-state index in [1.807, 2.05) is 30.3 Å². The molecule has 4 rings (SSSR count). The monoisotopic (exact) mass is 543 g/mol. The van der Waals surface area contributed by atoms with Gasteiger partial charge in [0.05, 0.1) is 17.1 Å². The Morgan fingerprint density at radius 1 is 0.838 bits per heavy atom. The van der Waals surface area contributed by atoms with Crippen LogP contribution in [0.1, 0.15) is 29.9 Å². The zero-order chi connectivity index (χ0) is 26.5. The topological polar surface area (TPSA) is 93.1 Å². The van der Waals surface area contributed by atoms with Gasteiger partial charge in [0.15, 0.2) is 0 Å². The van der Waals surface area contributed by atoms with Crippen LogP contribution in [-0.4, -0.2) is 71.7 Å². The van der Waals surface area contributed by atoms with Crippen molar-refractivity contribution in [3.05, 3.63) is 92.2 Å². The van der Waals surface area contributed by atoms with Crippen LogP contribution in [-0.2, 0) is 16.0 Å². The van der Waals surface area contributed by atoms with E-state index in [0.29, 0.717) is 42.8 Å². The molecule has 0 bridgehead atoms. The highest BCUT2D eigenvalue weighted by Gasteiger charge is 2.40. The molecule has 0 radical (unpaired) electrons. The number of nitrogens with one attached hydrogen (secondary N) is 1. The minimum Gasteiger partial charge on any atom is -0.478 e. The quantitative estimate of drug-likeness (QED) is 0.424. The maximum Gasteiger partial charge on any atom is 0.334 e. The van der Waals surface area contributed by atoms with Crippen LogP contribution in [0.2, 0.25) is 10.0 Å². The maximum atomic E-state index is 12.7. The predicted octanol–water partition coefficient (Wildman–Crippen LogP) is 4.63. The number of hydrogen-bond donors (Lipinski definition) is 3. The fourth-order valence-corrected chi connectivity index (χ4v) is 5.66. The number of piperazine rings is 1. The summed E-state index contributed by atoms with van der Waals surface area (Å²) in [7, 11) is 2.08. The minimum atomic E-state index is -1.20. The first kappa shape index (κ1) is 27.2. The number of hydrogen-bond acceptors (Lipinski definition) is 5. The van der Waals surface area contributed by atoms with Gasteiger partial charge in [-0.25, -0.2) is 9.59 Å². The Morgan fingerprint density at radius 2 is 1.41 bits per heavy atom. The summed E-state index contributed by atoms with van der Waals surface area (Å²) in [6.07, 6.45) is 1.43. The van der Waals surface area contributed by atoms with Crippen molar-refractivity contribution in [1.29, 1.82) is 0 Å². The smallest absolute Gasteiger partial charge is 0.334 e. The van der Waals surface area contributed by atoms with Crippen LogP contribution in [0.25, 0.3) is 0 Å². The fourth-order valence-electron chi connectivity index (χ4n) is 5.04. The lowest BCUT2D eigenvalue weighted by molar-refractivity contribution is -0.133. The second-order valence-corrected chi connectivity index (χ2v) is 10.3. The van der Waals surface area contributed by atoms with Crippen molar-refractivity contribution in [2.45, 2.75) is 25.2 Å². The summed E-state index contributed by atoms with van der Waals surface area (Å²) in [5.74, 6) is -3.50. The Morgan fingerprint density at radius 3 is 1.97 bits per heavy atom. The summed E-state index contributed by atoms with van der Waals surface area (Å²) >= 11 is 13.1. The summed E-state index contributed by atoms with van der Waals surface area (Å²) in [6.45, 7) is 4.33. The van der Waals surface area contributed by atoms with Crippen LogP contribution in [0, 0.1) is 0 Å². The molecule has 0 aliphatic carbocycles. The number of likely N-dealkylation sites (N-methyl/N-ethyl adjacent to an activating group) is 1. The molecular weight excluding hydrogens is 513 g/mol. The first-order valence-corrected chi connectivity index (χ1v) is 13.1. The predicted molar refractivity (Wildman–Crippen MR) is 145 cm³/mol. The molecule has 0 aromatic heterocycles. The highest BCUT2D eigenvalue weighted by atomic mass is 35.5. The zero-order valence-corrected chi connectivity index (χ0v) is 22.2. The Balaban J connectivity index is 1.77. The van der Waals surface area contributed by atoms with Gasteiger partial charge in [-0.05, 0) is 37.6 Å². The number of dihydropyridines is 1. The van der Waals surface area contributed by atoms with Crippen LogP contribution < -0.4 is 5.32 Å². The summed E-state index contributed by atoms with van der Waals surface area (Å²) in [5, 5.41) is 24.4. The van der Waals surface area contributed by atoms with Gasteiger partial charge < -0.3 is 25.3 Å². The third kappa shape index (κ3) is 6.36. The number of benzene rings is 2. The van der Waals surface area contributed by atoms with Gasteiger partial charge >= 0.3 is 11.9 Å². The van der Waals surface area contributed by atoms with Crippen LogP contribution in [0.4, 0.5) is 0 Å². The SMILES string of the molecule is CN1CCN(CCC2=C(C(=O)O)C(c3c(Cl)cccc3Cl)C(C(=O)O)=C(CCc3ccccc3)N2)CC1. The molecule has 9 heteroatoms. The molecule has 1 atom stereocenters. The summed E-state index contributed by atoms with van der Waals surface area (Å²) < 4.78 is 0. The van der Waals surface area contributed by atoms with Gasteiger partial charge in [-0.1, -0.05) is 59.6 Å². The van der Waals surface area contributed by atoms with Gasteiger partial charge in [0.25, 0.3) is 0 Å². The standard InChI is InChI=1S/C28H31Cl2N3O4/c1-32-14-16-33(17-15-32)13-12-22-25(28(36)37)26(23-19(29)8-5-9-20(23)30)24(27(34)35)21(31-22)11-10-18-6-3-2-4-7-18/h2-9,26,31H,10-17H2,1H3,(H,34,35)(H,36,37). The molecule has 196 valence electrons. The van der Waals surface area contributed by atoms with E-state index in [2.05, 4.69) is 22.2 Å². The summed E-state index contributed by atoms with van der Waals surface area (Å²) in [4.78, 5) is 29.9. The third-order valence-electron chi connectivity index (χ3n) is 7.06. The van der Waals surface area contributed by atoms with Gasteiger partial charge in [-0.15, -0.1) is 0 Å². The number of aliphatic carboxylic acids is 2. The van der Waals surface area contributed by atoms with Crippen molar-refractivity contribution in [3.8, 4) is 0 Å². The van der Waals surface area contributed by atoms with Gasteiger partial charge in [-0.3, -0.25) is 0 Å². The van der Waals surface area contributed by atoms with Crippen molar-refractivity contribution >= 4 is 35.1 Å². The molecule has 2 aliphatic rings. The van der Waals surface area contributed by atoms with E-state index in [9.17, 15) is 19.8 Å². The van der Waals surface area contributed by atoms with Crippen LogP contribution >= 0.6 is 23.2 Å². The van der Waals surface area contributed by atoms with E-state index in [-0.39, 0.29) is 21.2 Å². The molecular formula is C28H31Cl2N3O4. The Bertz CT molecular complexity index is 1200. The van der Waals surface area contributed by atoms with Crippen molar-refractivity contribution in [3.63, 3.8) is 0 Å². The minimum absolute atomic E-state index is 0.0232. The third-order valence-corrected chi connectivity index (χ3v) is 7.72. The molecule has 0 amide bonds. The number of nitrogens with zero attached hydrogens (tertiary/aromatic N) is 2. The lowest BCUT2D eigenvalue weighted by Crippen LogP contribution is -2.45. The largest absolute Gasteiger partial charge is 0.478 e. The number of carboxylic acid groups (broad SMARTS) is 2. The van der Waals surface area contributed by atoms with E-state index in [0.717, 1.165) is 31.7 Å². The van der Waals surface area contributed by atoms with Gasteiger partial charge in [0, 0.05) is 66.1 Å². The summed E-state index contributed by atoms with van der Waals surface area (Å²) in [5.41, 5.74) is 2.28. The number of carbonyl (C=O) groups is 2. The normalized spacial score (nSPS) is 19.2. The molecule has 3 N–H and O–H groups in total. The van der Waals surface area contributed by atoms with E-state index >= 15 is 0 Å². The van der Waals surface area contributed by atoms with E-state index in [4.69, 9.17) is 23.2 Å². The van der Waals surface area contributed by atoms with Gasteiger partial charge in [0.1, 0.15) is 0 Å². The highest BCUT2D eigenvalue weighted by Crippen LogP contribution is 2.45. The van der Waals surface area contributed by atoms with Crippen LogP contribution in [0.5, 0.6) is 0 Å². The van der Waals surface area contributed by atoms with Crippen molar-refractivity contribution in [2.24, 2.45) is 0 Å². The van der Waals surface area contributed by atoms with Crippen molar-refractivity contribution in [2.75, 3.05) is 39.8 Å². The number of aryl methyl sites for hydroxylation is 1. The Labute approximate surface area is 227 Å². The molecule has 37 heavy (non-hydrogen) atoms. The number of allylic oxidation sites excluding steroid dienone is 1. The first-order chi connectivity index (χ1) is 17.8. The van der Waals surface area contributed by atoms with Gasteiger partial charge in [-0.2, -0.15) is 0 Å². The fraction of sp³-hybridized carbons (Fsp3) is 0.357. The molecule has 1 unspecified atom stereocenters. The number of halogens is 2. The van der Waals surface area contributed by atoms with Crippen molar-refractivity contribution in [1.82, 2.24) is 15.1 Å². The zero-order valence-electron chi connectivity index (χ0n) is 20.7. The average Bonchev–Trinajstić information content (AvgIpc) is 2.87. The highest BCUT2D eigenvalue weighted by molar-refractivity contribution is 6.36. The number of carboxylic acids is 2. The number of rotatable bonds is 9. The molecule has 2 aromatic rings. The van der Waals surface area contributed by atoms with Crippen molar-refractivity contribution < 1.29 is 19.8 Å². The molecule has 0 saturated carbocycles. The van der Waals surface area contributed by atoms with Crippen LogP contribution in [0.15, 0.2) is 71.1 Å². The Hall–Kier alpha value is -2.84. The summed E-state index contributed by atoms with van der Waals surface area (Å²) in [6, 6.07) is 14.7. The molecule has 2 aliphatic heterocycles. The second kappa shape index (κ2) is 12.1. The van der Waals surface area contributed by atoms with Crippen LogP contribution in [0.3, 0.4) is 0 Å². The first-order valence-electron chi connectivity index (χ1n) is 12.3. The molecule has 2 aromatic carbocycles. The molecule has 0 spiro atoms. The van der Waals surface area contributed by atoms with Gasteiger partial charge in [0.2, 0.25) is 0 Å².